The Morgan fingerprint density at radius 1 is 0.943 bits per heavy atom. The smallest absolute Gasteiger partial charge is 0.342 e. The molecule has 0 atom stereocenters. The third-order valence-electron chi connectivity index (χ3n) is 8.57. The van der Waals surface area contributed by atoms with Gasteiger partial charge in [-0.15, -0.1) is 20.4 Å². The van der Waals surface area contributed by atoms with E-state index in [0.717, 1.165) is 12.3 Å². The Morgan fingerprint density at radius 2 is 1.60 bits per heavy atom. The number of piperidine rings is 1. The first-order chi connectivity index (χ1) is 24.8. The number of carbonyl (C=O) groups excluding carboxylic acids is 2. The lowest BCUT2D eigenvalue weighted by Gasteiger charge is -2.65. The molecule has 5 rings (SSSR count). The number of rotatable bonds is 12. The van der Waals surface area contributed by atoms with Gasteiger partial charge in [-0.3, -0.25) is 4.79 Å². The fourth-order valence-corrected chi connectivity index (χ4v) is 5.97. The molecular formula is C31H25B9FN7O5. The van der Waals surface area contributed by atoms with Gasteiger partial charge >= 0.3 is 6.03 Å². The number of benzene rings is 2. The lowest BCUT2D eigenvalue weighted by atomic mass is 9.12. The molecule has 3 heterocycles. The van der Waals surface area contributed by atoms with Gasteiger partial charge < -0.3 is 29.7 Å². The van der Waals surface area contributed by atoms with E-state index in [2.05, 4.69) is 32.3 Å². The van der Waals surface area contributed by atoms with Gasteiger partial charge in [-0.2, -0.15) is 4.68 Å². The highest BCUT2D eigenvalue weighted by atomic mass is 19.1. The molecule has 2 N–H and O–H groups in total. The second-order valence-corrected chi connectivity index (χ2v) is 12.5. The summed E-state index contributed by atoms with van der Waals surface area (Å²) in [5.74, 6) is 0.187. The highest BCUT2D eigenvalue weighted by Gasteiger charge is 2.54. The minimum atomic E-state index is -2.62. The lowest BCUT2D eigenvalue weighted by molar-refractivity contribution is -0.127. The molecule has 22 heteroatoms. The maximum Gasteiger partial charge on any atom is 0.342 e. The summed E-state index contributed by atoms with van der Waals surface area (Å²) in [7, 11) is 54.0. The first-order valence-corrected chi connectivity index (χ1v) is 15.9. The second-order valence-electron chi connectivity index (χ2n) is 12.5. The molecule has 1 aliphatic heterocycles. The maximum absolute atomic E-state index is 15.5. The van der Waals surface area contributed by atoms with Crippen molar-refractivity contribution in [1.29, 1.82) is 0 Å². The molecule has 53 heavy (non-hydrogen) atoms. The summed E-state index contributed by atoms with van der Waals surface area (Å²) >= 11 is 0. The average Bonchev–Trinajstić information content (AvgIpc) is 3.55. The van der Waals surface area contributed by atoms with Crippen LogP contribution in [0.3, 0.4) is 0 Å². The minimum absolute atomic E-state index is 0.0153. The number of aromatic nitrogens is 4. The number of nitrogens with one attached hydrogen (secondary N) is 2. The first-order valence-electron chi connectivity index (χ1n) is 15.9. The van der Waals surface area contributed by atoms with Crippen LogP contribution in [0.1, 0.15) is 12.8 Å². The molecule has 0 saturated carbocycles. The number of halogens is 1. The van der Waals surface area contributed by atoms with Gasteiger partial charge in [0.1, 0.15) is 29.8 Å². The summed E-state index contributed by atoms with van der Waals surface area (Å²) in [4.78, 5) is 35.5. The summed E-state index contributed by atoms with van der Waals surface area (Å²) in [6, 6.07) is 7.51. The van der Waals surface area contributed by atoms with Crippen LogP contribution in [0.15, 0.2) is 61.6 Å². The SMILES string of the molecule is [B]C([B])([B])C(NC(=O)n1ccc(Oc2ccc(Nc3ncnc4cc(OC)c(OC5CCN(C(=O)C=C)CC5)cc34)c(F)c2)n1)(C([B])([B])[B])C([B])([B])[B]. The van der Waals surface area contributed by atoms with Crippen molar-refractivity contribution in [2.75, 3.05) is 25.5 Å². The number of hydrogen-bond donors (Lipinski definition) is 2. The minimum Gasteiger partial charge on any atom is -0.493 e. The molecule has 2 aromatic heterocycles. The summed E-state index contributed by atoms with van der Waals surface area (Å²) in [5, 5.41) is 2.05. The summed E-state index contributed by atoms with van der Waals surface area (Å²) < 4.78 is 33.7. The normalized spacial score (nSPS) is 14.3. The van der Waals surface area contributed by atoms with Crippen LogP contribution in [0.2, 0.25) is 15.3 Å². The molecule has 1 saturated heterocycles. The van der Waals surface area contributed by atoms with Crippen LogP contribution in [0.5, 0.6) is 23.1 Å². The summed E-state index contributed by atoms with van der Waals surface area (Å²) in [6.07, 6.45) is 4.81. The Kier molecular flexibility index (Phi) is 11.2. The first kappa shape index (κ1) is 39.6. The fraction of sp³-hybridized carbons (Fsp3) is 0.323. The van der Waals surface area contributed by atoms with Gasteiger partial charge in [0.15, 0.2) is 11.5 Å². The van der Waals surface area contributed by atoms with Gasteiger partial charge in [-0.05, 0) is 29.8 Å². The van der Waals surface area contributed by atoms with Crippen LogP contribution in [0.25, 0.3) is 10.9 Å². The van der Waals surface area contributed by atoms with E-state index in [1.807, 2.05) is 0 Å². The zero-order chi connectivity index (χ0) is 38.9. The Bertz CT molecular complexity index is 1980. The van der Waals surface area contributed by atoms with E-state index < -0.39 is 32.7 Å². The number of anilines is 2. The Balaban J connectivity index is 1.31. The van der Waals surface area contributed by atoms with Crippen LogP contribution in [-0.4, -0.2) is 139 Å². The predicted molar refractivity (Wildman–Crippen MR) is 205 cm³/mol. The Morgan fingerprint density at radius 3 is 2.19 bits per heavy atom. The molecular weight excluding hydrogens is 667 g/mol. The zero-order valence-electron chi connectivity index (χ0n) is 28.7. The number of methoxy groups -OCH3 is 1. The molecule has 0 unspecified atom stereocenters. The summed E-state index contributed by atoms with van der Waals surface area (Å²) in [5.41, 5.74) is -2.06. The number of nitrogens with zero attached hydrogens (tertiary/aromatic N) is 5. The molecule has 1 aliphatic rings. The molecule has 0 aliphatic carbocycles. The highest BCUT2D eigenvalue weighted by Crippen LogP contribution is 2.53. The number of likely N-dealkylation sites (tertiary alicyclic amines) is 1. The van der Waals surface area contributed by atoms with E-state index >= 15 is 4.39 Å². The molecule has 12 nitrogen and oxygen atoms in total. The molecule has 2 amide bonds. The monoisotopic (exact) mass is 693 g/mol. The third-order valence-corrected chi connectivity index (χ3v) is 8.57. The molecule has 1 fully saturated rings. The van der Waals surface area contributed by atoms with Gasteiger partial charge in [0, 0.05) is 55.7 Å². The van der Waals surface area contributed by atoms with E-state index in [0.29, 0.717) is 53.0 Å². The number of ether oxygens (including phenoxy) is 3. The zero-order valence-corrected chi connectivity index (χ0v) is 28.7. The van der Waals surface area contributed by atoms with Crippen molar-refractivity contribution < 1.29 is 28.2 Å². The third kappa shape index (κ3) is 8.16. The van der Waals surface area contributed by atoms with Gasteiger partial charge in [0.05, 0.1) is 88.9 Å². The number of fused-ring (bicyclic) bond motifs is 1. The Hall–Kier alpha value is -4.62. The number of carbonyl (C=O) groups is 2. The molecule has 0 spiro atoms. The van der Waals surface area contributed by atoms with Crippen molar-refractivity contribution in [3.63, 3.8) is 0 Å². The quantitative estimate of drug-likeness (QED) is 0.166. The van der Waals surface area contributed by atoms with E-state index in [9.17, 15) is 9.59 Å². The van der Waals surface area contributed by atoms with Crippen LogP contribution < -0.4 is 24.8 Å². The van der Waals surface area contributed by atoms with Gasteiger partial charge in [0.2, 0.25) is 11.8 Å². The average molecular weight is 692 g/mol. The molecule has 2 aromatic carbocycles. The van der Waals surface area contributed by atoms with E-state index in [1.54, 1.807) is 17.0 Å². The standard InChI is InChI=1S/C31H25B9FN7O5/c1-3-25(49)47-9-6-16(7-10-47)52-23-13-18-21(14-22(23)51-2)42-15-43-26(18)44-20-5-4-17(12-19(20)41)53-24-8-11-48(46-24)27(50)45-28(29(32,33)34,30(35,36)37)31(38,39)40/h3-5,8,11-16H,1,6-7,9-10H2,2H3,(H,45,50)(H,42,43,44). The van der Waals surface area contributed by atoms with Crippen molar-refractivity contribution >= 4 is 105 Å². The topological polar surface area (TPSA) is 133 Å². The van der Waals surface area contributed by atoms with Gasteiger partial charge in [-0.25, -0.2) is 19.2 Å². The van der Waals surface area contributed by atoms with Crippen LogP contribution in [0.4, 0.5) is 20.7 Å². The van der Waals surface area contributed by atoms with E-state index in [-0.39, 0.29) is 35.1 Å². The van der Waals surface area contributed by atoms with Crippen molar-refractivity contribution in [1.82, 2.24) is 30.0 Å². The fourth-order valence-electron chi connectivity index (χ4n) is 5.97. The highest BCUT2D eigenvalue weighted by molar-refractivity contribution is 6.71. The molecule has 248 valence electrons. The molecule has 18 radical (unpaired) electrons. The Labute approximate surface area is 318 Å². The number of amides is 2. The molecule has 0 bridgehead atoms. The predicted octanol–water partition coefficient (Wildman–Crippen LogP) is 1.10. The molecule has 4 aromatic rings. The number of hydrogen-bond acceptors (Lipinski definition) is 9. The van der Waals surface area contributed by atoms with Crippen LogP contribution in [0, 0.1) is 5.82 Å². The van der Waals surface area contributed by atoms with Crippen molar-refractivity contribution in [2.24, 2.45) is 0 Å². The largest absolute Gasteiger partial charge is 0.493 e. The van der Waals surface area contributed by atoms with Crippen LogP contribution >= 0.6 is 0 Å². The van der Waals surface area contributed by atoms with E-state index in [1.165, 1.54) is 37.7 Å². The lowest BCUT2D eigenvalue weighted by Crippen LogP contribution is -2.72. The maximum atomic E-state index is 15.5. The van der Waals surface area contributed by atoms with Crippen molar-refractivity contribution in [3.05, 3.63) is 67.4 Å². The van der Waals surface area contributed by atoms with Crippen molar-refractivity contribution in [2.45, 2.75) is 39.8 Å². The van der Waals surface area contributed by atoms with Gasteiger partial charge in [-0.1, -0.05) is 6.58 Å². The second kappa shape index (κ2) is 15.0. The summed E-state index contributed by atoms with van der Waals surface area (Å²) in [6.45, 7) is 4.59. The van der Waals surface area contributed by atoms with Crippen molar-refractivity contribution in [3.8, 4) is 23.1 Å². The van der Waals surface area contributed by atoms with Gasteiger partial charge in [0.25, 0.3) is 0 Å². The van der Waals surface area contributed by atoms with Crippen LogP contribution in [-0.2, 0) is 4.79 Å². The van der Waals surface area contributed by atoms with E-state index in [4.69, 9.17) is 84.8 Å².